The Morgan fingerprint density at radius 2 is 1.79 bits per heavy atom. The van der Waals surface area contributed by atoms with E-state index in [4.69, 9.17) is 5.73 Å². The van der Waals surface area contributed by atoms with Crippen LogP contribution in [0, 0.1) is 0 Å². The Morgan fingerprint density at radius 3 is 2.52 bits per heavy atom. The molecule has 3 heterocycles. The van der Waals surface area contributed by atoms with Crippen molar-refractivity contribution in [3.05, 3.63) is 47.1 Å². The van der Waals surface area contributed by atoms with E-state index in [-0.39, 0.29) is 17.8 Å². The molecule has 2 aromatic heterocycles. The Hall–Kier alpha value is -3.00. The minimum Gasteiger partial charge on any atom is -0.370 e. The Morgan fingerprint density at radius 1 is 1.03 bits per heavy atom. The zero-order valence-electron chi connectivity index (χ0n) is 16.3. The third kappa shape index (κ3) is 3.55. The van der Waals surface area contributed by atoms with Gasteiger partial charge in [-0.2, -0.15) is 4.98 Å². The summed E-state index contributed by atoms with van der Waals surface area (Å²) in [6.07, 6.45) is 8.58. The van der Waals surface area contributed by atoms with Gasteiger partial charge in [-0.25, -0.2) is 14.8 Å². The Labute approximate surface area is 168 Å². The van der Waals surface area contributed by atoms with E-state index in [1.807, 2.05) is 12.1 Å². The molecule has 0 amide bonds. The summed E-state index contributed by atoms with van der Waals surface area (Å²) in [4.78, 5) is 27.8. The number of nitrogens with zero attached hydrogens (tertiary/aromatic N) is 5. The molecule has 1 unspecified atom stereocenters. The van der Waals surface area contributed by atoms with Crippen LogP contribution in [0.25, 0.3) is 11.0 Å². The maximum absolute atomic E-state index is 12.4. The lowest BCUT2D eigenvalue weighted by Gasteiger charge is -2.18. The van der Waals surface area contributed by atoms with E-state index < -0.39 is 0 Å². The third-order valence-electron chi connectivity index (χ3n) is 5.95. The second-order valence-electron chi connectivity index (χ2n) is 7.99. The highest BCUT2D eigenvalue weighted by molar-refractivity contribution is 5.75. The second kappa shape index (κ2) is 7.44. The van der Waals surface area contributed by atoms with Crippen LogP contribution in [0.15, 0.2) is 41.5 Å². The number of hydrogen-bond donors (Lipinski definition) is 2. The van der Waals surface area contributed by atoms with E-state index in [1.165, 1.54) is 5.69 Å². The molecule has 3 N–H and O–H groups in total. The first-order valence-corrected chi connectivity index (χ1v) is 10.3. The normalized spacial score (nSPS) is 19.9. The Kier molecular flexibility index (Phi) is 4.63. The molecule has 2 aliphatic rings. The number of aromatic nitrogens is 4. The summed E-state index contributed by atoms with van der Waals surface area (Å²) in [5.41, 5.74) is 8.50. The lowest BCUT2D eigenvalue weighted by Crippen LogP contribution is -2.26. The summed E-state index contributed by atoms with van der Waals surface area (Å²) in [6, 6.07) is 8.63. The SMILES string of the molecule is NC1CCN(c2ccc(Nc3ncc4cnc(=O)n(C5CCCC5)c4n3)cc2)C1. The van der Waals surface area contributed by atoms with Crippen molar-refractivity contribution in [1.29, 1.82) is 0 Å². The average molecular weight is 391 g/mol. The van der Waals surface area contributed by atoms with Crippen molar-refractivity contribution < 1.29 is 0 Å². The fourth-order valence-electron chi connectivity index (χ4n) is 4.40. The molecule has 29 heavy (non-hydrogen) atoms. The van der Waals surface area contributed by atoms with Crippen LogP contribution in [0.2, 0.25) is 0 Å². The van der Waals surface area contributed by atoms with Gasteiger partial charge in [0.1, 0.15) is 0 Å². The number of anilines is 3. The van der Waals surface area contributed by atoms with Crippen LogP contribution in [0.5, 0.6) is 0 Å². The van der Waals surface area contributed by atoms with Crippen LogP contribution in [-0.2, 0) is 0 Å². The van der Waals surface area contributed by atoms with E-state index in [2.05, 4.69) is 37.3 Å². The fraction of sp³-hybridized carbons (Fsp3) is 0.429. The highest BCUT2D eigenvalue weighted by Crippen LogP contribution is 2.30. The smallest absolute Gasteiger partial charge is 0.349 e. The average Bonchev–Trinajstić information content (AvgIpc) is 3.40. The Balaban J connectivity index is 1.42. The van der Waals surface area contributed by atoms with Gasteiger partial charge in [0.25, 0.3) is 0 Å². The maximum Gasteiger partial charge on any atom is 0.349 e. The molecular weight excluding hydrogens is 366 g/mol. The van der Waals surface area contributed by atoms with E-state index in [1.54, 1.807) is 17.0 Å². The first-order valence-electron chi connectivity index (χ1n) is 10.3. The number of rotatable bonds is 4. The van der Waals surface area contributed by atoms with Crippen molar-refractivity contribution in [3.63, 3.8) is 0 Å². The Bertz CT molecular complexity index is 1070. The summed E-state index contributed by atoms with van der Waals surface area (Å²) in [5, 5.41) is 4.04. The molecule has 8 nitrogen and oxygen atoms in total. The largest absolute Gasteiger partial charge is 0.370 e. The molecule has 5 rings (SSSR count). The number of benzene rings is 1. The molecule has 2 fully saturated rings. The van der Waals surface area contributed by atoms with Crippen molar-refractivity contribution in [2.24, 2.45) is 5.73 Å². The molecule has 1 aliphatic heterocycles. The van der Waals surface area contributed by atoms with Gasteiger partial charge in [-0.15, -0.1) is 0 Å². The first-order chi connectivity index (χ1) is 14.2. The third-order valence-corrected chi connectivity index (χ3v) is 5.95. The minimum absolute atomic E-state index is 0.174. The fourth-order valence-corrected chi connectivity index (χ4v) is 4.40. The van der Waals surface area contributed by atoms with Crippen molar-refractivity contribution in [2.75, 3.05) is 23.3 Å². The molecule has 8 heteroatoms. The van der Waals surface area contributed by atoms with Crippen molar-refractivity contribution in [2.45, 2.75) is 44.2 Å². The topological polar surface area (TPSA) is 102 Å². The van der Waals surface area contributed by atoms with Crippen LogP contribution in [0.1, 0.15) is 38.1 Å². The van der Waals surface area contributed by atoms with Crippen LogP contribution in [-0.4, -0.2) is 38.7 Å². The summed E-state index contributed by atoms with van der Waals surface area (Å²) >= 11 is 0. The second-order valence-corrected chi connectivity index (χ2v) is 7.99. The van der Waals surface area contributed by atoms with Crippen LogP contribution in [0.4, 0.5) is 17.3 Å². The van der Waals surface area contributed by atoms with E-state index in [0.29, 0.717) is 11.6 Å². The maximum atomic E-state index is 12.4. The molecular formula is C21H25N7O. The van der Waals surface area contributed by atoms with Gasteiger partial charge in [-0.3, -0.25) is 4.57 Å². The number of fused-ring (bicyclic) bond motifs is 1. The number of nitrogens with one attached hydrogen (secondary N) is 1. The lowest BCUT2D eigenvalue weighted by atomic mass is 10.2. The standard InChI is InChI=1S/C21H25N7O/c22-15-9-10-27(13-15)17-7-5-16(6-8-17)25-20-23-11-14-12-24-21(29)28(19(14)26-20)18-3-1-2-4-18/h5-8,11-12,15,18H,1-4,9-10,13,22H2,(H,23,25,26). The molecule has 1 atom stereocenters. The molecule has 1 saturated carbocycles. The molecule has 1 aliphatic carbocycles. The summed E-state index contributed by atoms with van der Waals surface area (Å²) in [5.74, 6) is 0.478. The number of hydrogen-bond acceptors (Lipinski definition) is 7. The first kappa shape index (κ1) is 18.1. The zero-order chi connectivity index (χ0) is 19.8. The zero-order valence-corrected chi connectivity index (χ0v) is 16.3. The van der Waals surface area contributed by atoms with E-state index in [9.17, 15) is 4.79 Å². The van der Waals surface area contributed by atoms with Gasteiger partial charge in [-0.1, -0.05) is 12.8 Å². The summed E-state index contributed by atoms with van der Waals surface area (Å²) in [7, 11) is 0. The summed E-state index contributed by atoms with van der Waals surface area (Å²) < 4.78 is 1.74. The van der Waals surface area contributed by atoms with Gasteiger partial charge < -0.3 is 16.0 Å². The van der Waals surface area contributed by atoms with Crippen LogP contribution in [0.3, 0.4) is 0 Å². The van der Waals surface area contributed by atoms with Crippen molar-refractivity contribution >= 4 is 28.4 Å². The van der Waals surface area contributed by atoms with Gasteiger partial charge in [-0.05, 0) is 43.5 Å². The monoisotopic (exact) mass is 391 g/mol. The predicted molar refractivity (Wildman–Crippen MR) is 114 cm³/mol. The highest BCUT2D eigenvalue weighted by Gasteiger charge is 2.22. The summed E-state index contributed by atoms with van der Waals surface area (Å²) in [6.45, 7) is 1.89. The van der Waals surface area contributed by atoms with Crippen molar-refractivity contribution in [1.82, 2.24) is 19.5 Å². The van der Waals surface area contributed by atoms with Crippen LogP contribution >= 0.6 is 0 Å². The van der Waals surface area contributed by atoms with Gasteiger partial charge in [0.05, 0.1) is 5.39 Å². The lowest BCUT2D eigenvalue weighted by molar-refractivity contribution is 0.506. The van der Waals surface area contributed by atoms with Crippen molar-refractivity contribution in [3.8, 4) is 0 Å². The molecule has 0 bridgehead atoms. The van der Waals surface area contributed by atoms with E-state index in [0.717, 1.165) is 56.3 Å². The molecule has 1 saturated heterocycles. The molecule has 150 valence electrons. The molecule has 0 spiro atoms. The molecule has 0 radical (unpaired) electrons. The molecule has 1 aromatic carbocycles. The highest BCUT2D eigenvalue weighted by atomic mass is 16.1. The minimum atomic E-state index is -0.234. The van der Waals surface area contributed by atoms with Gasteiger partial charge in [0.15, 0.2) is 5.65 Å². The van der Waals surface area contributed by atoms with Gasteiger partial charge in [0.2, 0.25) is 5.95 Å². The van der Waals surface area contributed by atoms with Gasteiger partial charge in [0, 0.05) is 48.9 Å². The van der Waals surface area contributed by atoms with Crippen LogP contribution < -0.4 is 21.6 Å². The molecule has 3 aromatic rings. The van der Waals surface area contributed by atoms with E-state index >= 15 is 0 Å². The number of nitrogens with two attached hydrogens (primary N) is 1. The van der Waals surface area contributed by atoms with Gasteiger partial charge >= 0.3 is 5.69 Å². The predicted octanol–water partition coefficient (Wildman–Crippen LogP) is 2.58. The quantitative estimate of drug-likeness (QED) is 0.705.